The zero-order valence-corrected chi connectivity index (χ0v) is 9.91. The number of ether oxygens (including phenoxy) is 1. The van der Waals surface area contributed by atoms with Crippen LogP contribution in [0.5, 0.6) is 5.75 Å². The molecule has 2 rings (SSSR count). The fourth-order valence-electron chi connectivity index (χ4n) is 1.45. The summed E-state index contributed by atoms with van der Waals surface area (Å²) in [5.74, 6) is 0.0698. The van der Waals surface area contributed by atoms with Gasteiger partial charge in [-0.2, -0.15) is 0 Å². The Morgan fingerprint density at radius 1 is 1.50 bits per heavy atom. The molecule has 0 aliphatic rings. The van der Waals surface area contributed by atoms with E-state index in [4.69, 9.17) is 9.84 Å². The topological polar surface area (TPSA) is 77.2 Å². The molecule has 6 heteroatoms. The molecule has 0 atom stereocenters. The number of carbonyl (C=O) groups is 1. The van der Waals surface area contributed by atoms with Crippen molar-refractivity contribution in [3.05, 3.63) is 36.5 Å². The van der Waals surface area contributed by atoms with Crippen LogP contribution in [0.4, 0.5) is 0 Å². The molecule has 0 radical (unpaired) electrons. The van der Waals surface area contributed by atoms with E-state index in [9.17, 15) is 4.79 Å². The van der Waals surface area contributed by atoms with Crippen molar-refractivity contribution in [3.8, 4) is 11.6 Å². The van der Waals surface area contributed by atoms with Gasteiger partial charge in [-0.15, -0.1) is 0 Å². The normalized spacial score (nSPS) is 10.3. The molecular formula is C12H13N3O3. The van der Waals surface area contributed by atoms with E-state index in [0.717, 1.165) is 6.42 Å². The number of carboxylic acid groups (broad SMARTS) is 1. The number of aromatic nitrogens is 3. The highest BCUT2D eigenvalue weighted by atomic mass is 16.5. The molecule has 0 amide bonds. The number of rotatable bonds is 5. The number of aromatic carboxylic acids is 1. The Bertz CT molecular complexity index is 551. The summed E-state index contributed by atoms with van der Waals surface area (Å²) >= 11 is 0. The van der Waals surface area contributed by atoms with Crippen molar-refractivity contribution in [2.24, 2.45) is 0 Å². The summed E-state index contributed by atoms with van der Waals surface area (Å²) in [6.07, 6.45) is 5.32. The van der Waals surface area contributed by atoms with Gasteiger partial charge in [0.15, 0.2) is 17.3 Å². The van der Waals surface area contributed by atoms with Gasteiger partial charge in [0, 0.05) is 12.4 Å². The lowest BCUT2D eigenvalue weighted by atomic mass is 10.4. The quantitative estimate of drug-likeness (QED) is 0.871. The Hall–Kier alpha value is -2.37. The highest BCUT2D eigenvalue weighted by molar-refractivity contribution is 5.85. The second kappa shape index (κ2) is 5.31. The van der Waals surface area contributed by atoms with E-state index in [2.05, 4.69) is 9.97 Å². The number of hydrogen-bond donors (Lipinski definition) is 1. The highest BCUT2D eigenvalue weighted by Crippen LogP contribution is 2.20. The monoisotopic (exact) mass is 247 g/mol. The number of carboxylic acids is 1. The summed E-state index contributed by atoms with van der Waals surface area (Å²) < 4.78 is 7.09. The molecule has 0 aliphatic heterocycles. The first-order valence-corrected chi connectivity index (χ1v) is 5.58. The van der Waals surface area contributed by atoms with Crippen molar-refractivity contribution in [2.75, 3.05) is 6.61 Å². The SMILES string of the molecule is CCCOc1cccnc1-n1cnc(C(=O)O)c1. The van der Waals surface area contributed by atoms with Gasteiger partial charge in [-0.05, 0) is 18.6 Å². The summed E-state index contributed by atoms with van der Waals surface area (Å²) in [6, 6.07) is 3.56. The Balaban J connectivity index is 2.33. The van der Waals surface area contributed by atoms with Crippen LogP contribution in [0.15, 0.2) is 30.9 Å². The van der Waals surface area contributed by atoms with Crippen LogP contribution in [0.2, 0.25) is 0 Å². The van der Waals surface area contributed by atoms with E-state index < -0.39 is 5.97 Å². The van der Waals surface area contributed by atoms with Crippen LogP contribution in [0.3, 0.4) is 0 Å². The van der Waals surface area contributed by atoms with Gasteiger partial charge in [0.05, 0.1) is 6.61 Å². The summed E-state index contributed by atoms with van der Waals surface area (Å²) in [4.78, 5) is 18.7. The molecule has 0 fully saturated rings. The van der Waals surface area contributed by atoms with Crippen molar-refractivity contribution in [2.45, 2.75) is 13.3 Å². The lowest BCUT2D eigenvalue weighted by Gasteiger charge is -2.09. The first-order chi connectivity index (χ1) is 8.72. The van der Waals surface area contributed by atoms with Crippen molar-refractivity contribution >= 4 is 5.97 Å². The molecule has 0 bridgehead atoms. The van der Waals surface area contributed by atoms with Gasteiger partial charge in [-0.1, -0.05) is 6.92 Å². The van der Waals surface area contributed by atoms with E-state index in [-0.39, 0.29) is 5.69 Å². The Labute approximate surface area is 104 Å². The van der Waals surface area contributed by atoms with E-state index in [1.54, 1.807) is 18.3 Å². The standard InChI is InChI=1S/C12H13N3O3/c1-2-6-18-10-4-3-5-13-11(10)15-7-9(12(16)17)14-8-15/h3-5,7-8H,2,6H2,1H3,(H,16,17). The highest BCUT2D eigenvalue weighted by Gasteiger charge is 2.11. The van der Waals surface area contributed by atoms with E-state index in [1.807, 2.05) is 6.92 Å². The molecule has 1 N–H and O–H groups in total. The van der Waals surface area contributed by atoms with Gasteiger partial charge in [0.2, 0.25) is 0 Å². The Morgan fingerprint density at radius 2 is 2.33 bits per heavy atom. The fraction of sp³-hybridized carbons (Fsp3) is 0.250. The summed E-state index contributed by atoms with van der Waals surface area (Å²) in [5.41, 5.74) is -0.0258. The van der Waals surface area contributed by atoms with Gasteiger partial charge in [-0.3, -0.25) is 4.57 Å². The third-order valence-corrected chi connectivity index (χ3v) is 2.26. The van der Waals surface area contributed by atoms with Gasteiger partial charge >= 0.3 is 5.97 Å². The molecule has 0 aromatic carbocycles. The molecule has 18 heavy (non-hydrogen) atoms. The Morgan fingerprint density at radius 3 is 3.00 bits per heavy atom. The predicted molar refractivity (Wildman–Crippen MR) is 64.1 cm³/mol. The molecule has 94 valence electrons. The number of pyridine rings is 1. The van der Waals surface area contributed by atoms with Crippen LogP contribution in [0.1, 0.15) is 23.8 Å². The molecule has 0 saturated carbocycles. The largest absolute Gasteiger partial charge is 0.490 e. The van der Waals surface area contributed by atoms with Gasteiger partial charge < -0.3 is 9.84 Å². The zero-order chi connectivity index (χ0) is 13.0. The number of nitrogens with zero attached hydrogens (tertiary/aromatic N) is 3. The maximum Gasteiger partial charge on any atom is 0.356 e. The van der Waals surface area contributed by atoms with Crippen LogP contribution in [-0.4, -0.2) is 32.2 Å². The minimum Gasteiger partial charge on any atom is -0.490 e. The van der Waals surface area contributed by atoms with Crippen LogP contribution in [0.25, 0.3) is 5.82 Å². The van der Waals surface area contributed by atoms with E-state index >= 15 is 0 Å². The lowest BCUT2D eigenvalue weighted by molar-refractivity contribution is 0.0691. The van der Waals surface area contributed by atoms with Gasteiger partial charge in [0.25, 0.3) is 0 Å². The second-order valence-corrected chi connectivity index (χ2v) is 3.64. The Kier molecular flexibility index (Phi) is 3.57. The molecule has 2 heterocycles. The molecule has 2 aromatic rings. The molecule has 0 spiro atoms. The smallest absolute Gasteiger partial charge is 0.356 e. The third kappa shape index (κ3) is 2.48. The van der Waals surface area contributed by atoms with Gasteiger partial charge in [-0.25, -0.2) is 14.8 Å². The zero-order valence-electron chi connectivity index (χ0n) is 9.91. The predicted octanol–water partition coefficient (Wildman–Crippen LogP) is 1.75. The second-order valence-electron chi connectivity index (χ2n) is 3.64. The van der Waals surface area contributed by atoms with Crippen molar-refractivity contribution in [1.29, 1.82) is 0 Å². The average Bonchev–Trinajstić information content (AvgIpc) is 2.86. The molecule has 0 saturated heterocycles. The van der Waals surface area contributed by atoms with Crippen LogP contribution < -0.4 is 4.74 Å². The number of hydrogen-bond acceptors (Lipinski definition) is 4. The van der Waals surface area contributed by atoms with E-state index in [0.29, 0.717) is 18.2 Å². The van der Waals surface area contributed by atoms with E-state index in [1.165, 1.54) is 17.1 Å². The minimum absolute atomic E-state index is 0.0258. The molecule has 0 aliphatic carbocycles. The summed E-state index contributed by atoms with van der Waals surface area (Å²) in [7, 11) is 0. The van der Waals surface area contributed by atoms with Crippen molar-refractivity contribution in [1.82, 2.24) is 14.5 Å². The molecule has 6 nitrogen and oxygen atoms in total. The van der Waals surface area contributed by atoms with Crippen molar-refractivity contribution < 1.29 is 14.6 Å². The third-order valence-electron chi connectivity index (χ3n) is 2.26. The lowest BCUT2D eigenvalue weighted by Crippen LogP contribution is -2.02. The first-order valence-electron chi connectivity index (χ1n) is 5.58. The fourth-order valence-corrected chi connectivity index (χ4v) is 1.45. The summed E-state index contributed by atoms with van der Waals surface area (Å²) in [5, 5.41) is 8.83. The van der Waals surface area contributed by atoms with Gasteiger partial charge in [0.1, 0.15) is 6.33 Å². The minimum atomic E-state index is -1.07. The first kappa shape index (κ1) is 12.1. The maximum atomic E-state index is 10.8. The van der Waals surface area contributed by atoms with Crippen molar-refractivity contribution in [3.63, 3.8) is 0 Å². The van der Waals surface area contributed by atoms with Crippen LogP contribution in [0, 0.1) is 0 Å². The maximum absolute atomic E-state index is 10.8. The van der Waals surface area contributed by atoms with Crippen LogP contribution in [-0.2, 0) is 0 Å². The van der Waals surface area contributed by atoms with Crippen LogP contribution >= 0.6 is 0 Å². The molecular weight excluding hydrogens is 234 g/mol. The number of imidazole rings is 1. The summed E-state index contributed by atoms with van der Waals surface area (Å²) in [6.45, 7) is 2.59. The molecule has 0 unspecified atom stereocenters. The molecule has 2 aromatic heterocycles. The average molecular weight is 247 g/mol.